The first kappa shape index (κ1) is 13.3. The van der Waals surface area contributed by atoms with Gasteiger partial charge in [0.15, 0.2) is 0 Å². The lowest BCUT2D eigenvalue weighted by Gasteiger charge is -2.42. The normalized spacial score (nSPS) is 31.3. The zero-order chi connectivity index (χ0) is 13.3. The summed E-state index contributed by atoms with van der Waals surface area (Å²) >= 11 is 0. The number of ether oxygens (including phenoxy) is 1. The average molecular weight is 254 g/mol. The molecule has 0 aromatic rings. The molecule has 0 radical (unpaired) electrons. The van der Waals surface area contributed by atoms with Gasteiger partial charge in [0.25, 0.3) is 0 Å². The fraction of sp³-hybridized carbons (Fsp3) is 0.846. The smallest absolute Gasteiger partial charge is 0.245 e. The zero-order valence-electron chi connectivity index (χ0n) is 11.4. The summed E-state index contributed by atoms with van der Waals surface area (Å²) < 4.78 is 5.57. The average Bonchev–Trinajstić information content (AvgIpc) is 2.80. The third-order valence-electron chi connectivity index (χ3n) is 4.05. The second-order valence-corrected chi connectivity index (χ2v) is 5.52. The van der Waals surface area contributed by atoms with Crippen molar-refractivity contribution < 1.29 is 14.3 Å². The molecule has 2 aliphatic heterocycles. The van der Waals surface area contributed by atoms with Crippen molar-refractivity contribution in [1.29, 1.82) is 0 Å². The lowest BCUT2D eigenvalue weighted by atomic mass is 9.92. The minimum absolute atomic E-state index is 0.0123. The highest BCUT2D eigenvalue weighted by Gasteiger charge is 2.45. The molecule has 18 heavy (non-hydrogen) atoms. The van der Waals surface area contributed by atoms with Gasteiger partial charge >= 0.3 is 0 Å². The van der Waals surface area contributed by atoms with Crippen LogP contribution < -0.4 is 5.32 Å². The number of hydrogen-bond acceptors (Lipinski definition) is 3. The van der Waals surface area contributed by atoms with E-state index in [1.54, 1.807) is 18.7 Å². The second kappa shape index (κ2) is 4.88. The fourth-order valence-corrected chi connectivity index (χ4v) is 2.82. The van der Waals surface area contributed by atoms with Crippen LogP contribution in [0.3, 0.4) is 0 Å². The quantitative estimate of drug-likeness (QED) is 0.782. The summed E-state index contributed by atoms with van der Waals surface area (Å²) in [7, 11) is 0. The summed E-state index contributed by atoms with van der Waals surface area (Å²) in [6.07, 6.45) is 1.63. The molecule has 102 valence electrons. The molecular weight excluding hydrogens is 232 g/mol. The first-order valence-corrected chi connectivity index (χ1v) is 6.70. The van der Waals surface area contributed by atoms with Crippen molar-refractivity contribution in [2.75, 3.05) is 19.7 Å². The Morgan fingerprint density at radius 1 is 1.56 bits per heavy atom. The van der Waals surface area contributed by atoms with E-state index in [-0.39, 0.29) is 23.8 Å². The van der Waals surface area contributed by atoms with E-state index < -0.39 is 5.54 Å². The van der Waals surface area contributed by atoms with Crippen molar-refractivity contribution in [3.63, 3.8) is 0 Å². The van der Waals surface area contributed by atoms with Gasteiger partial charge in [-0.1, -0.05) is 6.92 Å². The van der Waals surface area contributed by atoms with E-state index in [1.165, 1.54) is 0 Å². The van der Waals surface area contributed by atoms with Crippen LogP contribution in [0.1, 0.15) is 33.6 Å². The van der Waals surface area contributed by atoms with Gasteiger partial charge in [0.1, 0.15) is 5.54 Å². The van der Waals surface area contributed by atoms with Gasteiger partial charge in [-0.3, -0.25) is 9.59 Å². The molecular formula is C13H22N2O3. The molecule has 2 heterocycles. The van der Waals surface area contributed by atoms with Gasteiger partial charge in [-0.15, -0.1) is 0 Å². The third kappa shape index (κ3) is 2.11. The second-order valence-electron chi connectivity index (χ2n) is 5.52. The Morgan fingerprint density at radius 3 is 2.94 bits per heavy atom. The first-order valence-electron chi connectivity index (χ1n) is 6.70. The van der Waals surface area contributed by atoms with Gasteiger partial charge in [0.2, 0.25) is 11.8 Å². The van der Waals surface area contributed by atoms with Gasteiger partial charge < -0.3 is 15.0 Å². The molecule has 2 rings (SSSR count). The van der Waals surface area contributed by atoms with Crippen molar-refractivity contribution in [3.05, 3.63) is 0 Å². The standard InChI is InChI=1S/C13H22N2O3/c1-4-10-9(5-8-18-10)11(16)15-7-6-14-12(17)13(15,2)3/h9-10H,4-8H2,1-3H3,(H,14,17). The topological polar surface area (TPSA) is 58.6 Å². The zero-order valence-corrected chi connectivity index (χ0v) is 11.4. The van der Waals surface area contributed by atoms with E-state index in [0.29, 0.717) is 19.7 Å². The lowest BCUT2D eigenvalue weighted by Crippen LogP contribution is -2.64. The van der Waals surface area contributed by atoms with E-state index in [1.807, 2.05) is 6.92 Å². The summed E-state index contributed by atoms with van der Waals surface area (Å²) in [4.78, 5) is 26.2. The summed E-state index contributed by atoms with van der Waals surface area (Å²) in [5, 5.41) is 2.81. The molecule has 2 saturated heterocycles. The van der Waals surface area contributed by atoms with Gasteiger partial charge in [0, 0.05) is 19.7 Å². The molecule has 2 fully saturated rings. The van der Waals surface area contributed by atoms with Crippen LogP contribution in [0.4, 0.5) is 0 Å². The van der Waals surface area contributed by atoms with Gasteiger partial charge in [-0.05, 0) is 26.7 Å². The van der Waals surface area contributed by atoms with Gasteiger partial charge in [-0.2, -0.15) is 0 Å². The van der Waals surface area contributed by atoms with Crippen LogP contribution in [0.25, 0.3) is 0 Å². The fourth-order valence-electron chi connectivity index (χ4n) is 2.82. The molecule has 0 aromatic heterocycles. The highest BCUT2D eigenvalue weighted by molar-refractivity contribution is 5.92. The Labute approximate surface area is 108 Å². The molecule has 2 amide bonds. The molecule has 0 aromatic carbocycles. The van der Waals surface area contributed by atoms with Crippen molar-refractivity contribution in [1.82, 2.24) is 10.2 Å². The minimum Gasteiger partial charge on any atom is -0.377 e. The highest BCUT2D eigenvalue weighted by Crippen LogP contribution is 2.29. The van der Waals surface area contributed by atoms with Crippen LogP contribution in [0.15, 0.2) is 0 Å². The third-order valence-corrected chi connectivity index (χ3v) is 4.05. The minimum atomic E-state index is -0.754. The maximum absolute atomic E-state index is 12.6. The van der Waals surface area contributed by atoms with Gasteiger partial charge in [0.05, 0.1) is 12.0 Å². The number of carbonyl (C=O) groups is 2. The van der Waals surface area contributed by atoms with Crippen LogP contribution >= 0.6 is 0 Å². The summed E-state index contributed by atoms with van der Waals surface area (Å²) in [6, 6.07) is 0. The van der Waals surface area contributed by atoms with Crippen LogP contribution in [0.5, 0.6) is 0 Å². The molecule has 2 unspecified atom stereocenters. The maximum atomic E-state index is 12.6. The Morgan fingerprint density at radius 2 is 2.28 bits per heavy atom. The SMILES string of the molecule is CCC1OCCC1C(=O)N1CCNC(=O)C1(C)C. The van der Waals surface area contributed by atoms with Crippen LogP contribution in [-0.4, -0.2) is 48.1 Å². The Balaban J connectivity index is 2.15. The molecule has 5 nitrogen and oxygen atoms in total. The molecule has 2 aliphatic rings. The monoisotopic (exact) mass is 254 g/mol. The van der Waals surface area contributed by atoms with Gasteiger partial charge in [-0.25, -0.2) is 0 Å². The maximum Gasteiger partial charge on any atom is 0.245 e. The summed E-state index contributed by atoms with van der Waals surface area (Å²) in [5.41, 5.74) is -0.754. The molecule has 0 spiro atoms. The number of amides is 2. The highest BCUT2D eigenvalue weighted by atomic mass is 16.5. The Hall–Kier alpha value is -1.10. The van der Waals surface area contributed by atoms with Crippen molar-refractivity contribution in [2.45, 2.75) is 45.3 Å². The van der Waals surface area contributed by atoms with E-state index in [0.717, 1.165) is 12.8 Å². The summed E-state index contributed by atoms with van der Waals surface area (Å²) in [6.45, 7) is 7.41. The number of rotatable bonds is 2. The molecule has 1 N–H and O–H groups in total. The number of piperazine rings is 1. The van der Waals surface area contributed by atoms with E-state index >= 15 is 0 Å². The van der Waals surface area contributed by atoms with Crippen molar-refractivity contribution in [2.24, 2.45) is 5.92 Å². The Bertz CT molecular complexity index is 354. The number of carbonyl (C=O) groups excluding carboxylic acids is 2. The molecule has 0 saturated carbocycles. The molecule has 0 bridgehead atoms. The van der Waals surface area contributed by atoms with E-state index in [2.05, 4.69) is 5.32 Å². The lowest BCUT2D eigenvalue weighted by molar-refractivity contribution is -0.153. The Kier molecular flexibility index (Phi) is 3.61. The molecule has 5 heteroatoms. The molecule has 0 aliphatic carbocycles. The number of nitrogens with one attached hydrogen (secondary N) is 1. The molecule has 2 atom stereocenters. The predicted molar refractivity (Wildman–Crippen MR) is 66.9 cm³/mol. The van der Waals surface area contributed by atoms with Crippen LogP contribution in [0.2, 0.25) is 0 Å². The van der Waals surface area contributed by atoms with Crippen molar-refractivity contribution >= 4 is 11.8 Å². The number of nitrogens with zero attached hydrogens (tertiary/aromatic N) is 1. The predicted octanol–water partition coefficient (Wildman–Crippen LogP) is 0.539. The first-order chi connectivity index (χ1) is 8.48. The largest absolute Gasteiger partial charge is 0.377 e. The van der Waals surface area contributed by atoms with E-state index in [4.69, 9.17) is 4.74 Å². The summed E-state index contributed by atoms with van der Waals surface area (Å²) in [5.74, 6) is -0.0894. The number of hydrogen-bond donors (Lipinski definition) is 1. The van der Waals surface area contributed by atoms with Crippen LogP contribution in [-0.2, 0) is 14.3 Å². The van der Waals surface area contributed by atoms with Crippen molar-refractivity contribution in [3.8, 4) is 0 Å². The van der Waals surface area contributed by atoms with Crippen LogP contribution in [0, 0.1) is 5.92 Å². The van der Waals surface area contributed by atoms with E-state index in [9.17, 15) is 9.59 Å².